The van der Waals surface area contributed by atoms with Crippen LogP contribution in [-0.2, 0) is 4.79 Å². The van der Waals surface area contributed by atoms with Crippen LogP contribution in [0.15, 0.2) is 12.7 Å². The molecule has 0 rings (SSSR count). The van der Waals surface area contributed by atoms with Crippen molar-refractivity contribution < 1.29 is 9.90 Å². The molecule has 0 heterocycles. The Balaban J connectivity index is 4.02. The molecule has 15 heavy (non-hydrogen) atoms. The molecule has 0 aliphatic heterocycles. The highest BCUT2D eigenvalue weighted by Crippen LogP contribution is 2.00. The molecular formula is C11H22N2O2. The Hall–Kier alpha value is -0.870. The minimum atomic E-state index is -0.742. The van der Waals surface area contributed by atoms with E-state index in [1.54, 1.807) is 6.92 Å². The summed E-state index contributed by atoms with van der Waals surface area (Å²) < 4.78 is 0. The lowest BCUT2D eigenvalue weighted by atomic mass is 10.1. The van der Waals surface area contributed by atoms with Crippen LogP contribution in [0, 0.1) is 5.92 Å². The first-order chi connectivity index (χ1) is 6.97. The molecule has 0 aromatic carbocycles. The summed E-state index contributed by atoms with van der Waals surface area (Å²) in [6, 6.07) is 0. The maximum atomic E-state index is 10.7. The number of carboxylic acid groups (broad SMARTS) is 1. The second-order valence-electron chi connectivity index (χ2n) is 4.09. The molecule has 1 atom stereocenters. The average molecular weight is 214 g/mol. The summed E-state index contributed by atoms with van der Waals surface area (Å²) in [6.45, 7) is 8.53. The lowest BCUT2D eigenvalue weighted by Crippen LogP contribution is -2.36. The first-order valence-electron chi connectivity index (χ1n) is 5.18. The van der Waals surface area contributed by atoms with Gasteiger partial charge in [-0.3, -0.25) is 9.69 Å². The van der Waals surface area contributed by atoms with Crippen LogP contribution in [0.3, 0.4) is 0 Å². The lowest BCUT2D eigenvalue weighted by Gasteiger charge is -2.24. The fraction of sp³-hybridized carbons (Fsp3) is 0.727. The van der Waals surface area contributed by atoms with Gasteiger partial charge in [0, 0.05) is 26.2 Å². The maximum Gasteiger partial charge on any atom is 0.307 e. The third-order valence-corrected chi connectivity index (χ3v) is 2.20. The number of likely N-dealkylation sites (N-methyl/N-ethyl adjacent to an activating group) is 1. The fourth-order valence-corrected chi connectivity index (χ4v) is 1.25. The average Bonchev–Trinajstić information content (AvgIpc) is 2.14. The molecule has 0 bridgehead atoms. The van der Waals surface area contributed by atoms with Crippen molar-refractivity contribution in [1.29, 1.82) is 0 Å². The highest BCUT2D eigenvalue weighted by Gasteiger charge is 2.15. The molecule has 0 radical (unpaired) electrons. The van der Waals surface area contributed by atoms with Gasteiger partial charge in [-0.1, -0.05) is 13.0 Å². The second-order valence-corrected chi connectivity index (χ2v) is 4.09. The van der Waals surface area contributed by atoms with Gasteiger partial charge in [0.05, 0.1) is 5.92 Å². The van der Waals surface area contributed by atoms with Gasteiger partial charge in [0.2, 0.25) is 0 Å². The van der Waals surface area contributed by atoms with Gasteiger partial charge in [-0.05, 0) is 14.1 Å². The van der Waals surface area contributed by atoms with Crippen LogP contribution >= 0.6 is 0 Å². The first-order valence-corrected chi connectivity index (χ1v) is 5.18. The zero-order valence-electron chi connectivity index (χ0n) is 9.94. The minimum absolute atomic E-state index is 0.327. The molecule has 0 saturated heterocycles. The molecule has 4 heteroatoms. The van der Waals surface area contributed by atoms with E-state index in [4.69, 9.17) is 5.11 Å². The molecule has 0 aliphatic carbocycles. The number of aliphatic carboxylic acids is 1. The quantitative estimate of drug-likeness (QED) is 0.606. The summed E-state index contributed by atoms with van der Waals surface area (Å²) in [7, 11) is 4.01. The zero-order chi connectivity index (χ0) is 11.8. The Morgan fingerprint density at radius 2 is 2.07 bits per heavy atom. The molecule has 88 valence electrons. The van der Waals surface area contributed by atoms with Crippen LogP contribution < -0.4 is 0 Å². The van der Waals surface area contributed by atoms with E-state index in [1.807, 2.05) is 20.2 Å². The van der Waals surface area contributed by atoms with Crippen LogP contribution in [0.25, 0.3) is 0 Å². The van der Waals surface area contributed by atoms with Crippen molar-refractivity contribution in [3.63, 3.8) is 0 Å². The Morgan fingerprint density at radius 3 is 2.47 bits per heavy atom. The summed E-state index contributed by atoms with van der Waals surface area (Å²) in [5.41, 5.74) is 0. The van der Waals surface area contributed by atoms with Crippen molar-refractivity contribution >= 4 is 5.97 Å². The molecule has 1 unspecified atom stereocenters. The molecular weight excluding hydrogens is 192 g/mol. The topological polar surface area (TPSA) is 43.8 Å². The summed E-state index contributed by atoms with van der Waals surface area (Å²) in [6.07, 6.45) is 1.81. The Bertz CT molecular complexity index is 205. The molecule has 1 N–H and O–H groups in total. The van der Waals surface area contributed by atoms with E-state index >= 15 is 0 Å². The van der Waals surface area contributed by atoms with Gasteiger partial charge in [0.15, 0.2) is 0 Å². The Labute approximate surface area is 92.2 Å². The summed E-state index contributed by atoms with van der Waals surface area (Å²) >= 11 is 0. The van der Waals surface area contributed by atoms with E-state index in [-0.39, 0.29) is 5.92 Å². The van der Waals surface area contributed by atoms with Crippen molar-refractivity contribution in [2.24, 2.45) is 5.92 Å². The second kappa shape index (κ2) is 7.43. The number of carbonyl (C=O) groups is 1. The third kappa shape index (κ3) is 7.11. The predicted octanol–water partition coefficient (Wildman–Crippen LogP) is 0.757. The number of carboxylic acids is 1. The third-order valence-electron chi connectivity index (χ3n) is 2.20. The van der Waals surface area contributed by atoms with E-state index in [0.29, 0.717) is 6.54 Å². The molecule has 0 aliphatic rings. The van der Waals surface area contributed by atoms with Crippen molar-refractivity contribution in [3.05, 3.63) is 12.7 Å². The van der Waals surface area contributed by atoms with Crippen molar-refractivity contribution in [2.45, 2.75) is 6.92 Å². The highest BCUT2D eigenvalue weighted by atomic mass is 16.4. The first kappa shape index (κ1) is 14.1. The van der Waals surface area contributed by atoms with E-state index in [0.717, 1.165) is 19.6 Å². The van der Waals surface area contributed by atoms with Gasteiger partial charge in [-0.25, -0.2) is 0 Å². The van der Waals surface area contributed by atoms with Crippen molar-refractivity contribution in [2.75, 3.05) is 40.3 Å². The monoisotopic (exact) mass is 214 g/mol. The standard InChI is InChI=1S/C11H22N2O2/c1-5-6-13(8-7-12(3)4)9-10(2)11(14)15/h5,10H,1,6-9H2,2-4H3,(H,14,15). The maximum absolute atomic E-state index is 10.7. The van der Waals surface area contributed by atoms with E-state index in [2.05, 4.69) is 16.4 Å². The minimum Gasteiger partial charge on any atom is -0.481 e. The summed E-state index contributed by atoms with van der Waals surface area (Å²) in [5, 5.41) is 8.81. The molecule has 0 aromatic heterocycles. The predicted molar refractivity (Wildman–Crippen MR) is 62.0 cm³/mol. The van der Waals surface area contributed by atoms with E-state index < -0.39 is 5.97 Å². The van der Waals surface area contributed by atoms with Crippen molar-refractivity contribution in [3.8, 4) is 0 Å². The van der Waals surface area contributed by atoms with Gasteiger partial charge < -0.3 is 10.0 Å². The van der Waals surface area contributed by atoms with Crippen LogP contribution in [-0.4, -0.2) is 61.2 Å². The smallest absolute Gasteiger partial charge is 0.307 e. The van der Waals surface area contributed by atoms with Crippen LogP contribution in [0.4, 0.5) is 0 Å². The van der Waals surface area contributed by atoms with E-state index in [1.165, 1.54) is 0 Å². The molecule has 0 amide bonds. The normalized spacial score (nSPS) is 13.1. The summed E-state index contributed by atoms with van der Waals surface area (Å²) in [5.74, 6) is -1.07. The molecule has 0 aromatic rings. The number of rotatable bonds is 8. The Morgan fingerprint density at radius 1 is 1.47 bits per heavy atom. The molecule has 0 spiro atoms. The van der Waals surface area contributed by atoms with Crippen LogP contribution in [0.5, 0.6) is 0 Å². The zero-order valence-corrected chi connectivity index (χ0v) is 9.94. The van der Waals surface area contributed by atoms with Gasteiger partial charge in [0.25, 0.3) is 0 Å². The van der Waals surface area contributed by atoms with Gasteiger partial charge in [-0.15, -0.1) is 6.58 Å². The molecule has 0 fully saturated rings. The van der Waals surface area contributed by atoms with Crippen LogP contribution in [0.2, 0.25) is 0 Å². The highest BCUT2D eigenvalue weighted by molar-refractivity contribution is 5.69. The lowest BCUT2D eigenvalue weighted by molar-refractivity contribution is -0.141. The van der Waals surface area contributed by atoms with Gasteiger partial charge >= 0.3 is 5.97 Å². The number of hydrogen-bond acceptors (Lipinski definition) is 3. The summed E-state index contributed by atoms with van der Waals surface area (Å²) in [4.78, 5) is 14.9. The number of nitrogens with zero attached hydrogens (tertiary/aromatic N) is 2. The van der Waals surface area contributed by atoms with Crippen molar-refractivity contribution in [1.82, 2.24) is 9.80 Å². The van der Waals surface area contributed by atoms with Gasteiger partial charge in [0.1, 0.15) is 0 Å². The molecule has 0 saturated carbocycles. The number of hydrogen-bond donors (Lipinski definition) is 1. The fourth-order valence-electron chi connectivity index (χ4n) is 1.25. The molecule has 4 nitrogen and oxygen atoms in total. The SMILES string of the molecule is C=CCN(CCN(C)C)CC(C)C(=O)O. The van der Waals surface area contributed by atoms with Gasteiger partial charge in [-0.2, -0.15) is 0 Å². The van der Waals surface area contributed by atoms with Crippen LogP contribution in [0.1, 0.15) is 6.92 Å². The van der Waals surface area contributed by atoms with E-state index in [9.17, 15) is 4.79 Å². The largest absolute Gasteiger partial charge is 0.481 e. The Kier molecular flexibility index (Phi) is 6.99.